The summed E-state index contributed by atoms with van der Waals surface area (Å²) < 4.78 is 15.3. The highest BCUT2D eigenvalue weighted by Gasteiger charge is 2.69. The number of carbonyl (C=O) groups is 4. The Kier molecular flexibility index (Phi) is 3.75. The Hall–Kier alpha value is -2.18. The van der Waals surface area contributed by atoms with Crippen molar-refractivity contribution in [3.63, 3.8) is 0 Å². The molecule has 2 saturated carbocycles. The van der Waals surface area contributed by atoms with Crippen LogP contribution in [-0.4, -0.2) is 37.1 Å². The van der Waals surface area contributed by atoms with Gasteiger partial charge >= 0.3 is 23.9 Å². The van der Waals surface area contributed by atoms with Crippen LogP contribution in [0.2, 0.25) is 0 Å². The highest BCUT2D eigenvalue weighted by Crippen LogP contribution is 2.67. The SMILES string of the molecule is CCOC(=O)C1(C(=O)OCC)CC2=CC3(CC3)[C@@H]3C(=O)OC(=O)[C@@H]3[C@@H]2C1. The number of fused-ring (bicyclic) bond motifs is 4. The molecule has 0 bridgehead atoms. The summed E-state index contributed by atoms with van der Waals surface area (Å²) >= 11 is 0. The maximum Gasteiger partial charge on any atom is 0.323 e. The third-order valence-corrected chi connectivity index (χ3v) is 6.32. The van der Waals surface area contributed by atoms with Gasteiger partial charge in [0.25, 0.3) is 0 Å². The lowest BCUT2D eigenvalue weighted by Crippen LogP contribution is -2.41. The molecule has 0 unspecified atom stereocenters. The van der Waals surface area contributed by atoms with E-state index in [4.69, 9.17) is 14.2 Å². The van der Waals surface area contributed by atoms with Crippen LogP contribution in [0.1, 0.15) is 39.5 Å². The van der Waals surface area contributed by atoms with Gasteiger partial charge in [-0.1, -0.05) is 11.6 Å². The zero-order chi connectivity index (χ0) is 18.7. The van der Waals surface area contributed by atoms with Gasteiger partial charge in [-0.25, -0.2) is 0 Å². The first-order chi connectivity index (χ1) is 12.4. The summed E-state index contributed by atoms with van der Waals surface area (Å²) in [5.41, 5.74) is -0.907. The average Bonchev–Trinajstić information content (AvgIpc) is 3.11. The quantitative estimate of drug-likeness (QED) is 0.324. The minimum absolute atomic E-state index is 0.121. The van der Waals surface area contributed by atoms with E-state index >= 15 is 0 Å². The molecule has 3 fully saturated rings. The molecule has 0 aromatic heterocycles. The van der Waals surface area contributed by atoms with Gasteiger partial charge in [-0.05, 0) is 45.4 Å². The van der Waals surface area contributed by atoms with Gasteiger partial charge < -0.3 is 14.2 Å². The molecule has 0 N–H and O–H groups in total. The first-order valence-corrected chi connectivity index (χ1v) is 9.20. The van der Waals surface area contributed by atoms with Crippen molar-refractivity contribution in [2.75, 3.05) is 13.2 Å². The molecular formula is C19H22O7. The Morgan fingerprint density at radius 1 is 1.12 bits per heavy atom. The summed E-state index contributed by atoms with van der Waals surface area (Å²) in [5, 5.41) is 0. The molecule has 0 aromatic rings. The molecule has 0 amide bonds. The third-order valence-electron chi connectivity index (χ3n) is 6.32. The highest BCUT2D eigenvalue weighted by atomic mass is 16.6. The van der Waals surface area contributed by atoms with Gasteiger partial charge in [0.1, 0.15) is 0 Å². The maximum absolute atomic E-state index is 12.7. The number of cyclic esters (lactones) is 2. The van der Waals surface area contributed by atoms with Crippen LogP contribution >= 0.6 is 0 Å². The van der Waals surface area contributed by atoms with Crippen molar-refractivity contribution >= 4 is 23.9 Å². The van der Waals surface area contributed by atoms with Crippen LogP contribution < -0.4 is 0 Å². The number of carbonyl (C=O) groups excluding carboxylic acids is 4. The zero-order valence-electron chi connectivity index (χ0n) is 14.9. The predicted octanol–water partition coefficient (Wildman–Crippen LogP) is 1.54. The Labute approximate surface area is 151 Å². The van der Waals surface area contributed by atoms with Crippen molar-refractivity contribution in [1.29, 1.82) is 0 Å². The molecule has 1 spiro atoms. The van der Waals surface area contributed by atoms with Gasteiger partial charge in [0, 0.05) is 5.41 Å². The summed E-state index contributed by atoms with van der Waals surface area (Å²) in [6.07, 6.45) is 3.97. The number of hydrogen-bond donors (Lipinski definition) is 0. The topological polar surface area (TPSA) is 96.0 Å². The van der Waals surface area contributed by atoms with Gasteiger partial charge in [0.05, 0.1) is 25.0 Å². The van der Waals surface area contributed by atoms with Crippen LogP contribution in [0.15, 0.2) is 11.6 Å². The smallest absolute Gasteiger partial charge is 0.323 e. The van der Waals surface area contributed by atoms with Crippen LogP contribution in [0.3, 0.4) is 0 Å². The normalized spacial score (nSPS) is 32.4. The van der Waals surface area contributed by atoms with Gasteiger partial charge in [0.2, 0.25) is 0 Å². The summed E-state index contributed by atoms with van der Waals surface area (Å²) in [4.78, 5) is 50.0. The van der Waals surface area contributed by atoms with Crippen molar-refractivity contribution in [2.45, 2.75) is 39.5 Å². The van der Waals surface area contributed by atoms with E-state index in [0.29, 0.717) is 0 Å². The Morgan fingerprint density at radius 3 is 2.27 bits per heavy atom. The second-order valence-electron chi connectivity index (χ2n) is 7.71. The zero-order valence-corrected chi connectivity index (χ0v) is 14.9. The van der Waals surface area contributed by atoms with Crippen molar-refractivity contribution in [1.82, 2.24) is 0 Å². The molecular weight excluding hydrogens is 340 g/mol. The molecule has 3 aliphatic carbocycles. The van der Waals surface area contributed by atoms with Crippen LogP contribution in [0.5, 0.6) is 0 Å². The highest BCUT2D eigenvalue weighted by molar-refractivity contribution is 6.02. The minimum Gasteiger partial charge on any atom is -0.465 e. The first-order valence-electron chi connectivity index (χ1n) is 9.20. The summed E-state index contributed by atoms with van der Waals surface area (Å²) in [6, 6.07) is 0. The molecule has 1 heterocycles. The van der Waals surface area contributed by atoms with E-state index < -0.39 is 41.1 Å². The van der Waals surface area contributed by atoms with Crippen LogP contribution in [-0.2, 0) is 33.4 Å². The molecule has 1 saturated heterocycles. The van der Waals surface area contributed by atoms with E-state index in [0.717, 1.165) is 18.4 Å². The third kappa shape index (κ3) is 2.18. The standard InChI is InChI=1S/C19H22O7/c1-3-24-16(22)19(17(23)25-4-2)8-10-7-18(5-6-18)13-12(11(10)9-19)14(20)26-15(13)21/h7,11-13H,3-6,8-9H2,1-2H3/t11-,12-,13+/m1/s1. The average molecular weight is 362 g/mol. The molecule has 140 valence electrons. The van der Waals surface area contributed by atoms with Gasteiger partial charge in [-0.2, -0.15) is 0 Å². The van der Waals surface area contributed by atoms with Gasteiger partial charge in [-0.15, -0.1) is 0 Å². The molecule has 3 atom stereocenters. The fourth-order valence-electron chi connectivity index (χ4n) is 5.07. The van der Waals surface area contributed by atoms with E-state index in [1.165, 1.54) is 0 Å². The molecule has 7 heteroatoms. The van der Waals surface area contributed by atoms with E-state index in [2.05, 4.69) is 0 Å². The van der Waals surface area contributed by atoms with Crippen molar-refractivity contribution in [3.8, 4) is 0 Å². The number of rotatable bonds is 4. The van der Waals surface area contributed by atoms with E-state index in [9.17, 15) is 19.2 Å². The Bertz CT molecular complexity index is 712. The van der Waals surface area contributed by atoms with E-state index in [1.54, 1.807) is 13.8 Å². The molecule has 7 nitrogen and oxygen atoms in total. The van der Waals surface area contributed by atoms with Crippen molar-refractivity contribution < 1.29 is 33.4 Å². The van der Waals surface area contributed by atoms with E-state index in [-0.39, 0.29) is 37.4 Å². The second kappa shape index (κ2) is 5.66. The van der Waals surface area contributed by atoms with Crippen LogP contribution in [0, 0.1) is 28.6 Å². The summed E-state index contributed by atoms with van der Waals surface area (Å²) in [6.45, 7) is 3.67. The van der Waals surface area contributed by atoms with Gasteiger partial charge in [-0.3, -0.25) is 19.2 Å². The molecule has 4 rings (SSSR count). The summed E-state index contributed by atoms with van der Waals surface area (Å²) in [5.74, 6) is -3.72. The Balaban J connectivity index is 1.75. The molecule has 0 radical (unpaired) electrons. The lowest BCUT2D eigenvalue weighted by molar-refractivity contribution is -0.172. The predicted molar refractivity (Wildman–Crippen MR) is 86.3 cm³/mol. The molecule has 4 aliphatic rings. The monoisotopic (exact) mass is 362 g/mol. The fourth-order valence-corrected chi connectivity index (χ4v) is 5.07. The Morgan fingerprint density at radius 2 is 1.73 bits per heavy atom. The minimum atomic E-state index is -1.45. The number of esters is 4. The lowest BCUT2D eigenvalue weighted by atomic mass is 9.67. The van der Waals surface area contributed by atoms with Crippen LogP contribution in [0.4, 0.5) is 0 Å². The number of hydrogen-bond acceptors (Lipinski definition) is 7. The largest absolute Gasteiger partial charge is 0.465 e. The first kappa shape index (κ1) is 17.2. The van der Waals surface area contributed by atoms with Crippen molar-refractivity contribution in [3.05, 3.63) is 11.6 Å². The molecule has 1 aliphatic heterocycles. The maximum atomic E-state index is 12.7. The van der Waals surface area contributed by atoms with Crippen molar-refractivity contribution in [2.24, 2.45) is 28.6 Å². The molecule has 0 aromatic carbocycles. The number of allylic oxidation sites excluding steroid dienone is 2. The number of ether oxygens (including phenoxy) is 3. The molecule has 26 heavy (non-hydrogen) atoms. The fraction of sp³-hybridized carbons (Fsp3) is 0.684. The van der Waals surface area contributed by atoms with Crippen LogP contribution in [0.25, 0.3) is 0 Å². The van der Waals surface area contributed by atoms with E-state index in [1.807, 2.05) is 6.08 Å². The van der Waals surface area contributed by atoms with Gasteiger partial charge in [0.15, 0.2) is 5.41 Å². The lowest BCUT2D eigenvalue weighted by Gasteiger charge is -2.32. The second-order valence-corrected chi connectivity index (χ2v) is 7.71. The summed E-state index contributed by atoms with van der Waals surface area (Å²) in [7, 11) is 0.